The van der Waals surface area contributed by atoms with Crippen LogP contribution in [0.1, 0.15) is 18.9 Å². The van der Waals surface area contributed by atoms with Crippen molar-refractivity contribution < 1.29 is 32.3 Å². The number of rotatable bonds is 4. The third-order valence-electron chi connectivity index (χ3n) is 2.62. The molecule has 1 aromatic rings. The lowest BCUT2D eigenvalue weighted by atomic mass is 9.88. The van der Waals surface area contributed by atoms with Gasteiger partial charge in [-0.3, -0.25) is 9.59 Å². The summed E-state index contributed by atoms with van der Waals surface area (Å²) >= 11 is 0. The van der Waals surface area contributed by atoms with E-state index in [0.29, 0.717) is 0 Å². The topological polar surface area (TPSA) is 66.4 Å². The molecule has 4 nitrogen and oxygen atoms in total. The Hall–Kier alpha value is -2.12. The maximum Gasteiger partial charge on any atom is 0.471 e. The number of benzene rings is 1. The molecule has 0 radical (unpaired) electrons. The Morgan fingerprint density at radius 3 is 2.25 bits per heavy atom. The molecule has 2 N–H and O–H groups in total. The van der Waals surface area contributed by atoms with Crippen molar-refractivity contribution in [2.75, 3.05) is 0 Å². The molecule has 8 heteroatoms. The van der Waals surface area contributed by atoms with Gasteiger partial charge in [0.15, 0.2) is 0 Å². The standard InChI is InChI=1S/C12H11F4NO3/c1-11(6-9(18)19,17-10(20)12(14,15)16)7-4-2-3-5-8(7)13/h2-5H,6H2,1H3,(H,17,20)(H,18,19). The lowest BCUT2D eigenvalue weighted by Gasteiger charge is -2.30. The summed E-state index contributed by atoms with van der Waals surface area (Å²) in [6, 6.07) is 4.72. The van der Waals surface area contributed by atoms with Gasteiger partial charge in [0.1, 0.15) is 5.82 Å². The van der Waals surface area contributed by atoms with Crippen molar-refractivity contribution in [2.24, 2.45) is 0 Å². The zero-order valence-corrected chi connectivity index (χ0v) is 10.3. The van der Waals surface area contributed by atoms with Crippen LogP contribution in [0.25, 0.3) is 0 Å². The van der Waals surface area contributed by atoms with Gasteiger partial charge in [-0.25, -0.2) is 4.39 Å². The number of amides is 1. The summed E-state index contributed by atoms with van der Waals surface area (Å²) in [6.07, 6.45) is -6.08. The van der Waals surface area contributed by atoms with E-state index in [-0.39, 0.29) is 5.56 Å². The SMILES string of the molecule is CC(CC(=O)O)(NC(=O)C(F)(F)F)c1ccccc1F. The van der Waals surface area contributed by atoms with Gasteiger partial charge >= 0.3 is 18.1 Å². The Kier molecular flexibility index (Phi) is 4.36. The van der Waals surface area contributed by atoms with E-state index in [1.165, 1.54) is 17.4 Å². The molecule has 0 heterocycles. The van der Waals surface area contributed by atoms with Crippen LogP contribution in [-0.4, -0.2) is 23.2 Å². The number of carbonyl (C=O) groups excluding carboxylic acids is 1. The van der Waals surface area contributed by atoms with Crippen LogP contribution < -0.4 is 5.32 Å². The molecule has 0 aromatic heterocycles. The van der Waals surface area contributed by atoms with Gasteiger partial charge in [0.05, 0.1) is 12.0 Å². The Labute approximate surface area is 111 Å². The molecule has 0 saturated heterocycles. The number of halogens is 4. The average molecular weight is 293 g/mol. The highest BCUT2D eigenvalue weighted by atomic mass is 19.4. The number of alkyl halides is 3. The highest BCUT2D eigenvalue weighted by molar-refractivity contribution is 5.83. The number of hydrogen-bond acceptors (Lipinski definition) is 2. The van der Waals surface area contributed by atoms with Crippen LogP contribution in [0.3, 0.4) is 0 Å². The first-order chi connectivity index (χ1) is 9.06. The maximum absolute atomic E-state index is 13.7. The minimum absolute atomic E-state index is 0.333. The summed E-state index contributed by atoms with van der Waals surface area (Å²) in [4.78, 5) is 21.8. The fourth-order valence-electron chi connectivity index (χ4n) is 1.74. The molecule has 0 spiro atoms. The molecule has 1 unspecified atom stereocenters. The lowest BCUT2D eigenvalue weighted by Crippen LogP contribution is -2.50. The van der Waals surface area contributed by atoms with Crippen molar-refractivity contribution in [2.45, 2.75) is 25.1 Å². The summed E-state index contributed by atoms with van der Waals surface area (Å²) in [7, 11) is 0. The fraction of sp³-hybridized carbons (Fsp3) is 0.333. The van der Waals surface area contributed by atoms with E-state index in [4.69, 9.17) is 5.11 Å². The first-order valence-corrected chi connectivity index (χ1v) is 5.42. The molecule has 1 atom stereocenters. The first kappa shape index (κ1) is 15.9. The van der Waals surface area contributed by atoms with Gasteiger partial charge in [0.2, 0.25) is 0 Å². The van der Waals surface area contributed by atoms with Gasteiger partial charge in [-0.15, -0.1) is 0 Å². The highest BCUT2D eigenvalue weighted by Crippen LogP contribution is 2.29. The van der Waals surface area contributed by atoms with Crippen LogP contribution in [0.15, 0.2) is 24.3 Å². The number of hydrogen-bond donors (Lipinski definition) is 2. The van der Waals surface area contributed by atoms with E-state index < -0.39 is 35.8 Å². The number of carboxylic acid groups (broad SMARTS) is 1. The Morgan fingerprint density at radius 2 is 1.80 bits per heavy atom. The van der Waals surface area contributed by atoms with Crippen LogP contribution in [-0.2, 0) is 15.1 Å². The van der Waals surface area contributed by atoms with Gasteiger partial charge in [0.25, 0.3) is 0 Å². The molecule has 0 bridgehead atoms. The molecule has 1 amide bonds. The molecule has 0 aliphatic rings. The molecular formula is C12H11F4NO3. The van der Waals surface area contributed by atoms with Gasteiger partial charge in [-0.05, 0) is 13.0 Å². The molecule has 0 saturated carbocycles. The van der Waals surface area contributed by atoms with Gasteiger partial charge in [-0.2, -0.15) is 13.2 Å². The maximum atomic E-state index is 13.7. The highest BCUT2D eigenvalue weighted by Gasteiger charge is 2.44. The van der Waals surface area contributed by atoms with E-state index in [9.17, 15) is 27.2 Å². The van der Waals surface area contributed by atoms with E-state index in [2.05, 4.69) is 0 Å². The summed E-state index contributed by atoms with van der Waals surface area (Å²) in [5, 5.41) is 10.3. The first-order valence-electron chi connectivity index (χ1n) is 5.42. The minimum Gasteiger partial charge on any atom is -0.481 e. The predicted octanol–water partition coefficient (Wildman–Crippen LogP) is 2.19. The normalized spacial score (nSPS) is 14.4. The largest absolute Gasteiger partial charge is 0.481 e. The second-order valence-corrected chi connectivity index (χ2v) is 4.33. The van der Waals surface area contributed by atoms with Crippen LogP contribution >= 0.6 is 0 Å². The third-order valence-corrected chi connectivity index (χ3v) is 2.62. The van der Waals surface area contributed by atoms with Crippen LogP contribution in [0.4, 0.5) is 17.6 Å². The summed E-state index contributed by atoms with van der Waals surface area (Å²) in [5.41, 5.74) is -2.34. The Morgan fingerprint density at radius 1 is 1.25 bits per heavy atom. The zero-order valence-electron chi connectivity index (χ0n) is 10.3. The number of carboxylic acids is 1. The summed E-state index contributed by atoms with van der Waals surface area (Å²) in [6.45, 7) is 1.02. The van der Waals surface area contributed by atoms with Gasteiger partial charge in [-0.1, -0.05) is 18.2 Å². The van der Waals surface area contributed by atoms with Gasteiger partial charge in [0, 0.05) is 5.56 Å². The van der Waals surface area contributed by atoms with E-state index in [1.54, 1.807) is 0 Å². The summed E-state index contributed by atoms with van der Waals surface area (Å²) in [5.74, 6) is -4.71. The summed E-state index contributed by atoms with van der Waals surface area (Å²) < 4.78 is 50.5. The molecular weight excluding hydrogens is 282 g/mol. The van der Waals surface area contributed by atoms with Crippen molar-refractivity contribution in [3.05, 3.63) is 35.6 Å². The minimum atomic E-state index is -5.19. The van der Waals surface area contributed by atoms with Crippen molar-refractivity contribution in [3.63, 3.8) is 0 Å². The van der Waals surface area contributed by atoms with E-state index in [1.807, 2.05) is 0 Å². The molecule has 0 aliphatic carbocycles. The quantitative estimate of drug-likeness (QED) is 0.836. The van der Waals surface area contributed by atoms with Crippen molar-refractivity contribution in [1.82, 2.24) is 5.32 Å². The van der Waals surface area contributed by atoms with Crippen molar-refractivity contribution >= 4 is 11.9 Å². The Bertz CT molecular complexity index is 530. The molecule has 1 aromatic carbocycles. The van der Waals surface area contributed by atoms with Crippen LogP contribution in [0.5, 0.6) is 0 Å². The monoisotopic (exact) mass is 293 g/mol. The molecule has 20 heavy (non-hydrogen) atoms. The second-order valence-electron chi connectivity index (χ2n) is 4.33. The number of aliphatic carboxylic acids is 1. The lowest BCUT2D eigenvalue weighted by molar-refractivity contribution is -0.176. The predicted molar refractivity (Wildman–Crippen MR) is 60.2 cm³/mol. The van der Waals surface area contributed by atoms with Crippen molar-refractivity contribution in [3.8, 4) is 0 Å². The average Bonchev–Trinajstić information content (AvgIpc) is 2.26. The third kappa shape index (κ3) is 3.69. The Balaban J connectivity index is 3.20. The zero-order chi connectivity index (χ0) is 15.6. The fourth-order valence-corrected chi connectivity index (χ4v) is 1.74. The molecule has 1 rings (SSSR count). The molecule has 110 valence electrons. The van der Waals surface area contributed by atoms with E-state index >= 15 is 0 Å². The van der Waals surface area contributed by atoms with Crippen molar-refractivity contribution in [1.29, 1.82) is 0 Å². The number of nitrogens with one attached hydrogen (secondary N) is 1. The smallest absolute Gasteiger partial charge is 0.471 e. The second kappa shape index (κ2) is 5.48. The molecule has 0 fully saturated rings. The number of carbonyl (C=O) groups is 2. The van der Waals surface area contributed by atoms with Gasteiger partial charge < -0.3 is 10.4 Å². The van der Waals surface area contributed by atoms with Crippen LogP contribution in [0.2, 0.25) is 0 Å². The van der Waals surface area contributed by atoms with Crippen LogP contribution in [0, 0.1) is 5.82 Å². The molecule has 0 aliphatic heterocycles. The van der Waals surface area contributed by atoms with E-state index in [0.717, 1.165) is 19.1 Å².